The van der Waals surface area contributed by atoms with Crippen molar-refractivity contribution in [3.63, 3.8) is 0 Å². The molecule has 3 aromatic heterocycles. The highest BCUT2D eigenvalue weighted by molar-refractivity contribution is 5.94. The quantitative estimate of drug-likeness (QED) is 0.778. The number of pyridine rings is 1. The summed E-state index contributed by atoms with van der Waals surface area (Å²) >= 11 is 0. The molecule has 128 valence electrons. The highest BCUT2D eigenvalue weighted by Crippen LogP contribution is 2.35. The van der Waals surface area contributed by atoms with Crippen LogP contribution in [0.4, 0.5) is 5.82 Å². The molecule has 0 aliphatic carbocycles. The Bertz CT molecular complexity index is 939. The predicted molar refractivity (Wildman–Crippen MR) is 90.1 cm³/mol. The van der Waals surface area contributed by atoms with Crippen LogP contribution < -0.4 is 9.64 Å². The Morgan fingerprint density at radius 2 is 2.20 bits per heavy atom. The van der Waals surface area contributed by atoms with Crippen LogP contribution in [0.15, 0.2) is 36.7 Å². The zero-order valence-electron chi connectivity index (χ0n) is 13.7. The molecule has 0 bridgehead atoms. The predicted octanol–water partition coefficient (Wildman–Crippen LogP) is 2.17. The SMILES string of the molecule is COc1cccc(C2CCCN2c2ccn3ncc(C(=O)O)c3n2)n1. The lowest BCUT2D eigenvalue weighted by atomic mass is 10.1. The van der Waals surface area contributed by atoms with Crippen molar-refractivity contribution in [3.05, 3.63) is 47.9 Å². The lowest BCUT2D eigenvalue weighted by Gasteiger charge is -2.25. The number of hydrogen-bond acceptors (Lipinski definition) is 6. The van der Waals surface area contributed by atoms with Gasteiger partial charge in [0.25, 0.3) is 0 Å². The third kappa shape index (κ3) is 2.65. The average Bonchev–Trinajstić information content (AvgIpc) is 3.28. The van der Waals surface area contributed by atoms with Crippen LogP contribution in [-0.4, -0.2) is 44.3 Å². The molecule has 25 heavy (non-hydrogen) atoms. The van der Waals surface area contributed by atoms with E-state index in [1.807, 2.05) is 24.3 Å². The van der Waals surface area contributed by atoms with Crippen molar-refractivity contribution in [1.82, 2.24) is 19.6 Å². The van der Waals surface area contributed by atoms with E-state index >= 15 is 0 Å². The summed E-state index contributed by atoms with van der Waals surface area (Å²) in [6.45, 7) is 0.837. The summed E-state index contributed by atoms with van der Waals surface area (Å²) in [7, 11) is 1.60. The number of anilines is 1. The fourth-order valence-corrected chi connectivity index (χ4v) is 3.25. The van der Waals surface area contributed by atoms with E-state index in [2.05, 4.69) is 20.0 Å². The van der Waals surface area contributed by atoms with Crippen LogP contribution in [-0.2, 0) is 0 Å². The van der Waals surface area contributed by atoms with Gasteiger partial charge < -0.3 is 14.7 Å². The maximum Gasteiger partial charge on any atom is 0.341 e. The molecule has 4 heterocycles. The molecular weight excluding hydrogens is 322 g/mol. The van der Waals surface area contributed by atoms with Gasteiger partial charge >= 0.3 is 5.97 Å². The monoisotopic (exact) mass is 339 g/mol. The Balaban J connectivity index is 1.73. The van der Waals surface area contributed by atoms with Crippen LogP contribution in [0.25, 0.3) is 5.65 Å². The maximum atomic E-state index is 11.3. The largest absolute Gasteiger partial charge is 0.481 e. The van der Waals surface area contributed by atoms with E-state index in [4.69, 9.17) is 4.74 Å². The molecule has 4 rings (SSSR count). The number of aromatic carboxylic acids is 1. The minimum atomic E-state index is -1.04. The van der Waals surface area contributed by atoms with Crippen molar-refractivity contribution in [1.29, 1.82) is 0 Å². The van der Waals surface area contributed by atoms with Crippen LogP contribution in [0.1, 0.15) is 34.9 Å². The van der Waals surface area contributed by atoms with Crippen LogP contribution in [0.2, 0.25) is 0 Å². The first-order chi connectivity index (χ1) is 12.2. The van der Waals surface area contributed by atoms with Crippen molar-refractivity contribution >= 4 is 17.4 Å². The topological polar surface area (TPSA) is 92.9 Å². The number of aromatic nitrogens is 4. The Labute approximate surface area is 143 Å². The number of nitrogens with zero attached hydrogens (tertiary/aromatic N) is 5. The molecule has 0 saturated carbocycles. The Hall–Kier alpha value is -3.16. The summed E-state index contributed by atoms with van der Waals surface area (Å²) in [6.07, 6.45) is 5.03. The second kappa shape index (κ2) is 6.04. The number of methoxy groups -OCH3 is 1. The summed E-state index contributed by atoms with van der Waals surface area (Å²) in [5, 5.41) is 13.3. The number of fused-ring (bicyclic) bond motifs is 1. The smallest absolute Gasteiger partial charge is 0.341 e. The number of rotatable bonds is 4. The molecule has 8 heteroatoms. The van der Waals surface area contributed by atoms with Gasteiger partial charge in [-0.05, 0) is 25.0 Å². The summed E-state index contributed by atoms with van der Waals surface area (Å²) in [4.78, 5) is 22.6. The normalized spacial score (nSPS) is 17.2. The van der Waals surface area contributed by atoms with E-state index in [1.165, 1.54) is 10.7 Å². The number of carboxylic acids is 1. The fourth-order valence-electron chi connectivity index (χ4n) is 3.25. The van der Waals surface area contributed by atoms with E-state index in [0.29, 0.717) is 11.5 Å². The Morgan fingerprint density at radius 3 is 3.00 bits per heavy atom. The second-order valence-corrected chi connectivity index (χ2v) is 5.87. The number of carboxylic acid groups (broad SMARTS) is 1. The lowest BCUT2D eigenvalue weighted by molar-refractivity contribution is 0.0699. The van der Waals surface area contributed by atoms with E-state index in [1.54, 1.807) is 13.3 Å². The molecule has 8 nitrogen and oxygen atoms in total. The molecule has 3 aromatic rings. The van der Waals surface area contributed by atoms with Crippen molar-refractivity contribution in [2.75, 3.05) is 18.6 Å². The van der Waals surface area contributed by atoms with Crippen molar-refractivity contribution in [2.45, 2.75) is 18.9 Å². The summed E-state index contributed by atoms with van der Waals surface area (Å²) in [6, 6.07) is 7.66. The van der Waals surface area contributed by atoms with Gasteiger partial charge in [-0.2, -0.15) is 5.10 Å². The highest BCUT2D eigenvalue weighted by atomic mass is 16.5. The summed E-state index contributed by atoms with van der Waals surface area (Å²) in [5.74, 6) is 0.270. The molecule has 1 aliphatic rings. The van der Waals surface area contributed by atoms with Gasteiger partial charge in [-0.3, -0.25) is 0 Å². The van der Waals surface area contributed by atoms with Gasteiger partial charge in [0.05, 0.1) is 25.0 Å². The van der Waals surface area contributed by atoms with Crippen LogP contribution in [0, 0.1) is 0 Å². The molecule has 1 fully saturated rings. The number of hydrogen-bond donors (Lipinski definition) is 1. The lowest BCUT2D eigenvalue weighted by Crippen LogP contribution is -2.24. The Kier molecular flexibility index (Phi) is 3.72. The molecule has 1 aliphatic heterocycles. The first-order valence-electron chi connectivity index (χ1n) is 8.02. The van der Waals surface area contributed by atoms with E-state index in [0.717, 1.165) is 30.9 Å². The average molecular weight is 339 g/mol. The molecular formula is C17H17N5O3. The minimum Gasteiger partial charge on any atom is -0.481 e. The van der Waals surface area contributed by atoms with E-state index < -0.39 is 5.97 Å². The zero-order chi connectivity index (χ0) is 17.4. The van der Waals surface area contributed by atoms with Crippen LogP contribution >= 0.6 is 0 Å². The standard InChI is InChI=1S/C17H17N5O3/c1-25-15-6-2-4-12(19-15)13-5-3-8-21(13)14-7-9-22-16(20-14)11(10-18-22)17(23)24/h2,4,6-7,9-10,13H,3,5,8H2,1H3,(H,23,24). The Morgan fingerprint density at radius 1 is 1.32 bits per heavy atom. The highest BCUT2D eigenvalue weighted by Gasteiger charge is 2.29. The number of ether oxygens (including phenoxy) is 1. The third-order valence-corrected chi connectivity index (χ3v) is 4.43. The van der Waals surface area contributed by atoms with Crippen LogP contribution in [0.5, 0.6) is 5.88 Å². The molecule has 0 aromatic carbocycles. The molecule has 0 amide bonds. The van der Waals surface area contributed by atoms with Gasteiger partial charge in [0.15, 0.2) is 5.65 Å². The van der Waals surface area contributed by atoms with E-state index in [-0.39, 0.29) is 11.6 Å². The summed E-state index contributed by atoms with van der Waals surface area (Å²) in [5.41, 5.74) is 1.36. The molecule has 0 spiro atoms. The van der Waals surface area contributed by atoms with Gasteiger partial charge in [-0.15, -0.1) is 0 Å². The second-order valence-electron chi connectivity index (χ2n) is 5.87. The molecule has 1 atom stereocenters. The minimum absolute atomic E-state index is 0.0845. The molecule has 1 saturated heterocycles. The first kappa shape index (κ1) is 15.4. The van der Waals surface area contributed by atoms with Gasteiger partial charge in [-0.25, -0.2) is 19.3 Å². The van der Waals surface area contributed by atoms with E-state index in [9.17, 15) is 9.90 Å². The molecule has 0 radical (unpaired) electrons. The van der Waals surface area contributed by atoms with Crippen molar-refractivity contribution < 1.29 is 14.6 Å². The van der Waals surface area contributed by atoms with Crippen LogP contribution in [0.3, 0.4) is 0 Å². The first-order valence-corrected chi connectivity index (χ1v) is 8.02. The van der Waals surface area contributed by atoms with Crippen molar-refractivity contribution in [2.24, 2.45) is 0 Å². The van der Waals surface area contributed by atoms with Gasteiger partial charge in [0, 0.05) is 18.8 Å². The number of carbonyl (C=O) groups is 1. The molecule has 1 N–H and O–H groups in total. The molecule has 1 unspecified atom stereocenters. The van der Waals surface area contributed by atoms with Gasteiger partial charge in [0.2, 0.25) is 5.88 Å². The maximum absolute atomic E-state index is 11.3. The van der Waals surface area contributed by atoms with Crippen molar-refractivity contribution in [3.8, 4) is 5.88 Å². The summed E-state index contributed by atoms with van der Waals surface area (Å²) < 4.78 is 6.70. The third-order valence-electron chi connectivity index (χ3n) is 4.43. The zero-order valence-corrected chi connectivity index (χ0v) is 13.7. The van der Waals surface area contributed by atoms with Gasteiger partial charge in [-0.1, -0.05) is 6.07 Å². The fraction of sp³-hybridized carbons (Fsp3) is 0.294. The van der Waals surface area contributed by atoms with Gasteiger partial charge in [0.1, 0.15) is 11.4 Å².